The number of nitrogens with one attached hydrogen (secondary N) is 1. The highest BCUT2D eigenvalue weighted by atomic mass is 35.5. The molecule has 2 rings (SSSR count). The minimum absolute atomic E-state index is 0.431. The molecule has 114 valence electrons. The number of nitrogens with zero attached hydrogens (tertiary/aromatic N) is 2. The molecule has 0 saturated carbocycles. The third-order valence-electron chi connectivity index (χ3n) is 3.57. The van der Waals surface area contributed by atoms with E-state index in [4.69, 9.17) is 11.6 Å². The van der Waals surface area contributed by atoms with Gasteiger partial charge in [-0.2, -0.15) is 5.10 Å². The molecule has 0 bridgehead atoms. The van der Waals surface area contributed by atoms with Crippen LogP contribution in [-0.4, -0.2) is 22.4 Å². The van der Waals surface area contributed by atoms with Crippen molar-refractivity contribution in [3.8, 4) is 0 Å². The van der Waals surface area contributed by atoms with E-state index < -0.39 is 0 Å². The monoisotopic (exact) mass is 305 g/mol. The molecule has 1 aromatic heterocycles. The average molecular weight is 306 g/mol. The van der Waals surface area contributed by atoms with Gasteiger partial charge in [-0.25, -0.2) is 0 Å². The highest BCUT2D eigenvalue weighted by Gasteiger charge is 2.11. The first kappa shape index (κ1) is 16.1. The third-order valence-corrected chi connectivity index (χ3v) is 3.82. The maximum atomic E-state index is 5.95. The lowest BCUT2D eigenvalue weighted by Gasteiger charge is -2.18. The second-order valence-corrected chi connectivity index (χ2v) is 5.83. The zero-order valence-electron chi connectivity index (χ0n) is 12.8. The second-order valence-electron chi connectivity index (χ2n) is 5.39. The molecule has 0 saturated heterocycles. The Morgan fingerprint density at radius 1 is 1.14 bits per heavy atom. The summed E-state index contributed by atoms with van der Waals surface area (Å²) >= 11 is 5.95. The van der Waals surface area contributed by atoms with Gasteiger partial charge in [0.25, 0.3) is 0 Å². The standard InChI is InChI=1S/C17H24ClN3/c1-3-9-19-17(10-14-5-7-16(18)8-6-14)11-15-12-20-21(4-2)13-15/h5-8,12-13,17,19H,3-4,9-11H2,1-2H3. The van der Waals surface area contributed by atoms with Crippen LogP contribution in [0.15, 0.2) is 36.7 Å². The van der Waals surface area contributed by atoms with Gasteiger partial charge >= 0.3 is 0 Å². The first-order valence-corrected chi connectivity index (χ1v) is 8.08. The Hall–Kier alpha value is -1.32. The van der Waals surface area contributed by atoms with Crippen LogP contribution in [0.1, 0.15) is 31.4 Å². The van der Waals surface area contributed by atoms with E-state index in [1.54, 1.807) is 0 Å². The SMILES string of the molecule is CCCNC(Cc1ccc(Cl)cc1)Cc1cnn(CC)c1. The summed E-state index contributed by atoms with van der Waals surface area (Å²) in [5, 5.41) is 8.79. The van der Waals surface area contributed by atoms with E-state index in [0.717, 1.165) is 37.4 Å². The number of aromatic nitrogens is 2. The molecule has 4 heteroatoms. The summed E-state index contributed by atoms with van der Waals surface area (Å²) < 4.78 is 1.98. The van der Waals surface area contributed by atoms with Gasteiger partial charge in [-0.05, 0) is 56.0 Å². The third kappa shape index (κ3) is 5.18. The van der Waals surface area contributed by atoms with E-state index in [9.17, 15) is 0 Å². The largest absolute Gasteiger partial charge is 0.313 e. The Kier molecular flexibility index (Phi) is 6.27. The Balaban J connectivity index is 2.01. The summed E-state index contributed by atoms with van der Waals surface area (Å²) in [5.74, 6) is 0. The van der Waals surface area contributed by atoms with Crippen molar-refractivity contribution in [2.75, 3.05) is 6.54 Å². The number of hydrogen-bond donors (Lipinski definition) is 1. The zero-order chi connectivity index (χ0) is 15.1. The highest BCUT2D eigenvalue weighted by molar-refractivity contribution is 6.30. The molecular formula is C17H24ClN3. The predicted octanol–water partition coefficient (Wildman–Crippen LogP) is 3.71. The van der Waals surface area contributed by atoms with Crippen LogP contribution in [0.3, 0.4) is 0 Å². The Bertz CT molecular complexity index is 533. The molecule has 2 aromatic rings. The zero-order valence-corrected chi connectivity index (χ0v) is 13.6. The minimum Gasteiger partial charge on any atom is -0.313 e. The van der Waals surface area contributed by atoms with Crippen molar-refractivity contribution in [2.24, 2.45) is 0 Å². The molecule has 0 aliphatic rings. The first-order valence-electron chi connectivity index (χ1n) is 7.70. The van der Waals surface area contributed by atoms with Gasteiger partial charge in [0.05, 0.1) is 6.20 Å². The number of halogens is 1. The molecule has 0 amide bonds. The van der Waals surface area contributed by atoms with Crippen LogP contribution in [0.5, 0.6) is 0 Å². The Morgan fingerprint density at radius 3 is 2.48 bits per heavy atom. The van der Waals surface area contributed by atoms with Crippen molar-refractivity contribution < 1.29 is 0 Å². The number of rotatable bonds is 8. The molecule has 1 aromatic carbocycles. The van der Waals surface area contributed by atoms with E-state index >= 15 is 0 Å². The molecule has 0 spiro atoms. The molecule has 21 heavy (non-hydrogen) atoms. The fraction of sp³-hybridized carbons (Fsp3) is 0.471. The number of benzene rings is 1. The molecule has 1 unspecified atom stereocenters. The lowest BCUT2D eigenvalue weighted by molar-refractivity contribution is 0.504. The summed E-state index contributed by atoms with van der Waals surface area (Å²) in [6, 6.07) is 8.57. The quantitative estimate of drug-likeness (QED) is 0.806. The molecule has 0 radical (unpaired) electrons. The first-order chi connectivity index (χ1) is 10.2. The van der Waals surface area contributed by atoms with Crippen LogP contribution in [0.25, 0.3) is 0 Å². The number of aryl methyl sites for hydroxylation is 1. The summed E-state index contributed by atoms with van der Waals surface area (Å²) in [6.45, 7) is 6.27. The molecule has 3 nitrogen and oxygen atoms in total. The summed E-state index contributed by atoms with van der Waals surface area (Å²) in [4.78, 5) is 0. The Labute approximate surface area is 132 Å². The van der Waals surface area contributed by atoms with Crippen molar-refractivity contribution in [3.63, 3.8) is 0 Å². The van der Waals surface area contributed by atoms with Crippen LogP contribution < -0.4 is 5.32 Å². The van der Waals surface area contributed by atoms with Crippen LogP contribution in [-0.2, 0) is 19.4 Å². The minimum atomic E-state index is 0.431. The predicted molar refractivity (Wildman–Crippen MR) is 88.8 cm³/mol. The fourth-order valence-corrected chi connectivity index (χ4v) is 2.57. The lowest BCUT2D eigenvalue weighted by atomic mass is 10.0. The molecule has 1 atom stereocenters. The van der Waals surface area contributed by atoms with Crippen molar-refractivity contribution >= 4 is 11.6 Å². The van der Waals surface area contributed by atoms with Gasteiger partial charge in [0.2, 0.25) is 0 Å². The van der Waals surface area contributed by atoms with E-state index in [0.29, 0.717) is 6.04 Å². The normalized spacial score (nSPS) is 12.5. The summed E-state index contributed by atoms with van der Waals surface area (Å²) in [7, 11) is 0. The summed E-state index contributed by atoms with van der Waals surface area (Å²) in [6.07, 6.45) is 7.27. The lowest BCUT2D eigenvalue weighted by Crippen LogP contribution is -2.33. The topological polar surface area (TPSA) is 29.9 Å². The maximum absolute atomic E-state index is 5.95. The molecule has 0 aliphatic carbocycles. The highest BCUT2D eigenvalue weighted by Crippen LogP contribution is 2.13. The van der Waals surface area contributed by atoms with Gasteiger partial charge in [0.15, 0.2) is 0 Å². The van der Waals surface area contributed by atoms with Gasteiger partial charge < -0.3 is 5.32 Å². The van der Waals surface area contributed by atoms with E-state index in [-0.39, 0.29) is 0 Å². The van der Waals surface area contributed by atoms with Crippen molar-refractivity contribution in [1.82, 2.24) is 15.1 Å². The van der Waals surface area contributed by atoms with E-state index in [2.05, 4.69) is 42.6 Å². The smallest absolute Gasteiger partial charge is 0.0522 e. The van der Waals surface area contributed by atoms with E-state index in [1.807, 2.05) is 23.0 Å². The fourth-order valence-electron chi connectivity index (χ4n) is 2.44. The summed E-state index contributed by atoms with van der Waals surface area (Å²) in [5.41, 5.74) is 2.61. The molecule has 1 heterocycles. The maximum Gasteiger partial charge on any atom is 0.0522 e. The van der Waals surface area contributed by atoms with Gasteiger partial charge in [-0.15, -0.1) is 0 Å². The molecular weight excluding hydrogens is 282 g/mol. The molecule has 0 fully saturated rings. The molecule has 0 aliphatic heterocycles. The van der Waals surface area contributed by atoms with Crippen LogP contribution in [0.4, 0.5) is 0 Å². The molecule has 1 N–H and O–H groups in total. The van der Waals surface area contributed by atoms with Crippen LogP contribution in [0, 0.1) is 0 Å². The average Bonchev–Trinajstić information content (AvgIpc) is 2.95. The van der Waals surface area contributed by atoms with Gasteiger partial charge in [-0.3, -0.25) is 4.68 Å². The van der Waals surface area contributed by atoms with Gasteiger partial charge in [-0.1, -0.05) is 30.7 Å². The van der Waals surface area contributed by atoms with Crippen molar-refractivity contribution in [2.45, 2.75) is 45.7 Å². The van der Waals surface area contributed by atoms with E-state index in [1.165, 1.54) is 11.1 Å². The van der Waals surface area contributed by atoms with Gasteiger partial charge in [0, 0.05) is 23.8 Å². The second kappa shape index (κ2) is 8.20. The number of hydrogen-bond acceptors (Lipinski definition) is 2. The van der Waals surface area contributed by atoms with Crippen molar-refractivity contribution in [1.29, 1.82) is 0 Å². The van der Waals surface area contributed by atoms with Crippen LogP contribution in [0.2, 0.25) is 5.02 Å². The van der Waals surface area contributed by atoms with Gasteiger partial charge in [0.1, 0.15) is 0 Å². The van der Waals surface area contributed by atoms with Crippen molar-refractivity contribution in [3.05, 3.63) is 52.8 Å². The van der Waals surface area contributed by atoms with Crippen LogP contribution >= 0.6 is 11.6 Å². The Morgan fingerprint density at radius 2 is 1.86 bits per heavy atom.